The molecule has 6 aromatic rings. The lowest BCUT2D eigenvalue weighted by Crippen LogP contribution is -3.00. The Labute approximate surface area is 319 Å². The van der Waals surface area contributed by atoms with Crippen LogP contribution in [0, 0.1) is 0 Å². The Morgan fingerprint density at radius 1 is 0.725 bits per heavy atom. The second kappa shape index (κ2) is 15.1. The van der Waals surface area contributed by atoms with Crippen LogP contribution in [0.5, 0.6) is 0 Å². The van der Waals surface area contributed by atoms with E-state index in [9.17, 15) is 0 Å². The predicted molar refractivity (Wildman–Crippen MR) is 215 cm³/mol. The summed E-state index contributed by atoms with van der Waals surface area (Å²) in [7, 11) is 0. The van der Waals surface area contributed by atoms with Gasteiger partial charge in [-0.1, -0.05) is 105 Å². The van der Waals surface area contributed by atoms with E-state index in [1.807, 2.05) is 0 Å². The Kier molecular flexibility index (Phi) is 10.3. The summed E-state index contributed by atoms with van der Waals surface area (Å²) in [5.41, 5.74) is 10.4. The minimum atomic E-state index is 0. The maximum Gasteiger partial charge on any atom is 0.214 e. The van der Waals surface area contributed by atoms with Crippen molar-refractivity contribution in [2.45, 2.75) is 78.3 Å². The zero-order chi connectivity index (χ0) is 34.2. The van der Waals surface area contributed by atoms with Crippen LogP contribution < -0.4 is 34.6 Å². The van der Waals surface area contributed by atoms with Crippen molar-refractivity contribution < 1.29 is 28.6 Å². The average molecular weight is 782 g/mol. The largest absolute Gasteiger partial charge is 1.00 e. The third kappa shape index (κ3) is 6.37. The number of allylic oxidation sites excluding steroid dienone is 5. The minimum Gasteiger partial charge on any atom is -1.00 e. The van der Waals surface area contributed by atoms with E-state index in [2.05, 4.69) is 170 Å². The number of halogens is 1. The Hall–Kier alpha value is -4.42. The molecule has 2 heterocycles. The molecule has 1 aliphatic heterocycles. The van der Waals surface area contributed by atoms with Gasteiger partial charge < -0.3 is 33.9 Å². The van der Waals surface area contributed by atoms with Crippen LogP contribution in [0.4, 0.5) is 11.4 Å². The predicted octanol–water partition coefficient (Wildman–Crippen LogP) is 8.79. The highest BCUT2D eigenvalue weighted by Crippen LogP contribution is 2.39. The number of benzene rings is 5. The molecule has 1 N–H and O–H groups in total. The van der Waals surface area contributed by atoms with Crippen molar-refractivity contribution in [3.8, 4) is 0 Å². The van der Waals surface area contributed by atoms with E-state index in [0.29, 0.717) is 12.1 Å². The van der Waals surface area contributed by atoms with Gasteiger partial charge in [0.1, 0.15) is 0 Å². The summed E-state index contributed by atoms with van der Waals surface area (Å²) in [6.07, 6.45) is 16.2. The number of para-hydroxylation sites is 1. The fourth-order valence-corrected chi connectivity index (χ4v) is 8.62. The lowest BCUT2D eigenvalue weighted by atomic mass is 10.0. The van der Waals surface area contributed by atoms with E-state index in [1.165, 1.54) is 71.6 Å². The highest BCUT2D eigenvalue weighted by atomic mass is 127. The number of aromatic nitrogens is 1. The van der Waals surface area contributed by atoms with Crippen molar-refractivity contribution in [2.24, 2.45) is 0 Å². The van der Waals surface area contributed by atoms with Gasteiger partial charge in [-0.15, -0.1) is 0 Å². The summed E-state index contributed by atoms with van der Waals surface area (Å²) in [4.78, 5) is 0. The Balaban J connectivity index is 0.00000406. The fourth-order valence-electron chi connectivity index (χ4n) is 8.62. The van der Waals surface area contributed by atoms with E-state index in [4.69, 9.17) is 0 Å². The lowest BCUT2D eigenvalue weighted by molar-refractivity contribution is -0.476. The maximum atomic E-state index is 3.87. The molecule has 0 saturated heterocycles. The molecule has 51 heavy (non-hydrogen) atoms. The van der Waals surface area contributed by atoms with Crippen molar-refractivity contribution in [1.29, 1.82) is 0 Å². The van der Waals surface area contributed by atoms with Gasteiger partial charge in [0, 0.05) is 57.6 Å². The minimum absolute atomic E-state index is 0. The van der Waals surface area contributed by atoms with Crippen molar-refractivity contribution in [3.63, 3.8) is 0 Å². The highest BCUT2D eigenvalue weighted by Gasteiger charge is 2.33. The maximum absolute atomic E-state index is 3.87. The zero-order valence-electron chi connectivity index (χ0n) is 30.3. The number of hydrogen-bond acceptors (Lipinski definition) is 1. The molecule has 5 aromatic carbocycles. The highest BCUT2D eigenvalue weighted by molar-refractivity contribution is 6.19. The van der Waals surface area contributed by atoms with E-state index in [-0.39, 0.29) is 24.0 Å². The second-order valence-corrected chi connectivity index (χ2v) is 14.2. The zero-order valence-corrected chi connectivity index (χ0v) is 32.5. The first-order valence-electron chi connectivity index (χ1n) is 18.7. The normalized spacial score (nSPS) is 16.8. The molecule has 8 rings (SSSR count). The number of anilines is 1. The van der Waals surface area contributed by atoms with Gasteiger partial charge in [-0.3, -0.25) is 0 Å². The molecular formula is C47H48IN3. The molecular weight excluding hydrogens is 733 g/mol. The standard InChI is InChI=1S/C47H47N3.HI/c1-5-14-32(3)49-41(39-22-10-16-34-18-12-24-43(49)45(34)39)30-28-36-26-27-37(47(36)48-38-20-8-7-9-21-38)29-31-42-40-23-11-17-35-19-13-25-44(46(35)40)50(42)33(4)15-6-2;/h7-13,16-25,28-33H,5-6,14-15,26-27H2,1-4H3;1H/b36-28+,41-30+;. The first kappa shape index (κ1) is 35.0. The molecule has 0 amide bonds. The molecule has 0 saturated carbocycles. The number of hydrogen-bond donors (Lipinski definition) is 1. The summed E-state index contributed by atoms with van der Waals surface area (Å²) in [5, 5.41) is 11.9. The third-order valence-electron chi connectivity index (χ3n) is 10.9. The smallest absolute Gasteiger partial charge is 0.214 e. The number of rotatable bonds is 11. The van der Waals surface area contributed by atoms with Crippen molar-refractivity contribution in [1.82, 2.24) is 4.57 Å². The molecule has 1 aliphatic carbocycles. The Bertz CT molecular complexity index is 2400. The first-order chi connectivity index (χ1) is 24.6. The Morgan fingerprint density at radius 3 is 2.20 bits per heavy atom. The van der Waals surface area contributed by atoms with Gasteiger partial charge in [0.25, 0.3) is 0 Å². The average Bonchev–Trinajstić information content (AvgIpc) is 3.78. The SMILES string of the molecule is CCCC(C)n1/c(=C/C=C2\CCC(/C=C/C3=[N+](C(C)CCC)c4cccc5cccc3c45)=C2Nc2ccccc2)c2cccc3cccc1c32.[I-]. The summed E-state index contributed by atoms with van der Waals surface area (Å²) in [5.74, 6) is 0. The molecule has 1 aromatic heterocycles. The second-order valence-electron chi connectivity index (χ2n) is 14.2. The van der Waals surface area contributed by atoms with Crippen LogP contribution in [0.1, 0.15) is 77.8 Å². The van der Waals surface area contributed by atoms with Crippen LogP contribution in [0.15, 0.2) is 138 Å². The third-order valence-corrected chi connectivity index (χ3v) is 10.9. The Morgan fingerprint density at radius 2 is 1.43 bits per heavy atom. The summed E-state index contributed by atoms with van der Waals surface area (Å²) < 4.78 is 5.17. The molecule has 3 nitrogen and oxygen atoms in total. The van der Waals surface area contributed by atoms with Crippen molar-refractivity contribution >= 4 is 55.6 Å². The quantitative estimate of drug-likeness (QED) is 0.103. The fraction of sp³-hybridized carbons (Fsp3) is 0.255. The molecule has 0 bridgehead atoms. The molecule has 258 valence electrons. The van der Waals surface area contributed by atoms with Crippen molar-refractivity contribution in [2.75, 3.05) is 5.32 Å². The molecule has 2 aliphatic rings. The van der Waals surface area contributed by atoms with Gasteiger partial charge in [-0.05, 0) is 91.8 Å². The van der Waals surface area contributed by atoms with Gasteiger partial charge in [0.15, 0.2) is 6.04 Å². The van der Waals surface area contributed by atoms with Gasteiger partial charge in [-0.25, -0.2) is 0 Å². The lowest BCUT2D eigenvalue weighted by Gasteiger charge is -2.15. The molecule has 4 heteroatoms. The van der Waals surface area contributed by atoms with Crippen molar-refractivity contribution in [3.05, 3.63) is 149 Å². The van der Waals surface area contributed by atoms with E-state index in [0.717, 1.165) is 44.2 Å². The van der Waals surface area contributed by atoms with Crippen LogP contribution in [-0.2, 0) is 0 Å². The van der Waals surface area contributed by atoms with Crippen LogP contribution in [0.25, 0.3) is 38.5 Å². The number of nitrogens with one attached hydrogen (secondary N) is 1. The van der Waals surface area contributed by atoms with Gasteiger partial charge in [-0.2, -0.15) is 4.58 Å². The van der Waals surface area contributed by atoms with E-state index in [1.54, 1.807) is 0 Å². The van der Waals surface area contributed by atoms with Gasteiger partial charge >= 0.3 is 0 Å². The number of nitrogens with zero attached hydrogens (tertiary/aromatic N) is 2. The molecule has 2 atom stereocenters. The molecule has 2 unspecified atom stereocenters. The van der Waals surface area contributed by atoms with Crippen LogP contribution in [0.2, 0.25) is 0 Å². The van der Waals surface area contributed by atoms with Gasteiger partial charge in [0.05, 0.1) is 10.9 Å². The summed E-state index contributed by atoms with van der Waals surface area (Å²) in [6.45, 7) is 9.33. The van der Waals surface area contributed by atoms with Crippen LogP contribution in [0.3, 0.4) is 0 Å². The topological polar surface area (TPSA) is 20.0 Å². The molecule has 0 radical (unpaired) electrons. The van der Waals surface area contributed by atoms with E-state index >= 15 is 0 Å². The monoisotopic (exact) mass is 781 g/mol. The summed E-state index contributed by atoms with van der Waals surface area (Å²) >= 11 is 0. The molecule has 0 spiro atoms. The van der Waals surface area contributed by atoms with Crippen LogP contribution in [-0.4, -0.2) is 20.9 Å². The van der Waals surface area contributed by atoms with Crippen LogP contribution >= 0.6 is 0 Å². The van der Waals surface area contributed by atoms with E-state index < -0.39 is 0 Å². The van der Waals surface area contributed by atoms with Gasteiger partial charge in [0.2, 0.25) is 11.4 Å². The first-order valence-corrected chi connectivity index (χ1v) is 18.7. The summed E-state index contributed by atoms with van der Waals surface area (Å²) in [6, 6.07) is 38.5. The molecule has 0 fully saturated rings.